The highest BCUT2D eigenvalue weighted by atomic mass is 16.5. The van der Waals surface area contributed by atoms with Crippen molar-refractivity contribution in [2.24, 2.45) is 0 Å². The SMILES string of the molecule is Cc1nc(C(=O)N2CCOc3c(C(=O)O)cccc32)n[nH]1. The molecule has 0 saturated carbocycles. The molecule has 0 fully saturated rings. The summed E-state index contributed by atoms with van der Waals surface area (Å²) in [6.45, 7) is 2.22. The topological polar surface area (TPSA) is 108 Å². The van der Waals surface area contributed by atoms with Crippen LogP contribution in [-0.4, -0.2) is 45.3 Å². The molecule has 1 amide bonds. The summed E-state index contributed by atoms with van der Waals surface area (Å²) in [7, 11) is 0. The number of aryl methyl sites for hydroxylation is 1. The molecule has 2 heterocycles. The Hall–Kier alpha value is -2.90. The van der Waals surface area contributed by atoms with Crippen molar-refractivity contribution in [1.29, 1.82) is 0 Å². The standard InChI is InChI=1S/C13H12N4O4/c1-7-14-11(16-15-7)12(18)17-5-6-21-10-8(13(19)20)3-2-4-9(10)17/h2-4H,5-6H2,1H3,(H,19,20)(H,14,15,16). The number of para-hydroxylation sites is 1. The van der Waals surface area contributed by atoms with Crippen LogP contribution in [0.1, 0.15) is 26.8 Å². The second-order valence-corrected chi connectivity index (χ2v) is 4.51. The molecule has 0 atom stereocenters. The lowest BCUT2D eigenvalue weighted by Crippen LogP contribution is -2.39. The first-order chi connectivity index (χ1) is 10.1. The lowest BCUT2D eigenvalue weighted by molar-refractivity contribution is 0.0690. The van der Waals surface area contributed by atoms with Crippen LogP contribution < -0.4 is 9.64 Å². The summed E-state index contributed by atoms with van der Waals surface area (Å²) in [6.07, 6.45) is 0. The Balaban J connectivity index is 2.03. The number of nitrogens with zero attached hydrogens (tertiary/aromatic N) is 3. The number of anilines is 1. The van der Waals surface area contributed by atoms with Crippen molar-refractivity contribution in [2.75, 3.05) is 18.1 Å². The van der Waals surface area contributed by atoms with Gasteiger partial charge in [-0.05, 0) is 19.1 Å². The first-order valence-electron chi connectivity index (χ1n) is 6.28. The quantitative estimate of drug-likeness (QED) is 0.848. The number of fused-ring (bicyclic) bond motifs is 1. The fourth-order valence-corrected chi connectivity index (χ4v) is 2.19. The van der Waals surface area contributed by atoms with Crippen molar-refractivity contribution in [3.05, 3.63) is 35.4 Å². The van der Waals surface area contributed by atoms with E-state index in [1.54, 1.807) is 19.1 Å². The van der Waals surface area contributed by atoms with E-state index in [4.69, 9.17) is 4.74 Å². The lowest BCUT2D eigenvalue weighted by Gasteiger charge is -2.29. The maximum atomic E-state index is 12.4. The highest BCUT2D eigenvalue weighted by molar-refractivity contribution is 6.06. The molecule has 0 bridgehead atoms. The normalized spacial score (nSPS) is 13.5. The Bertz CT molecular complexity index is 725. The Kier molecular flexibility index (Phi) is 3.05. The van der Waals surface area contributed by atoms with Gasteiger partial charge in [-0.2, -0.15) is 0 Å². The molecule has 1 aliphatic rings. The number of hydrogen-bond acceptors (Lipinski definition) is 5. The summed E-state index contributed by atoms with van der Waals surface area (Å²) >= 11 is 0. The van der Waals surface area contributed by atoms with Crippen LogP contribution in [0.3, 0.4) is 0 Å². The second-order valence-electron chi connectivity index (χ2n) is 4.51. The number of aromatic amines is 1. The van der Waals surface area contributed by atoms with Gasteiger partial charge in [-0.1, -0.05) is 6.07 Å². The highest BCUT2D eigenvalue weighted by Crippen LogP contribution is 2.35. The summed E-state index contributed by atoms with van der Waals surface area (Å²) in [5.41, 5.74) is 0.435. The van der Waals surface area contributed by atoms with Gasteiger partial charge >= 0.3 is 5.97 Å². The van der Waals surface area contributed by atoms with Crippen LogP contribution in [0.25, 0.3) is 0 Å². The average Bonchev–Trinajstić information content (AvgIpc) is 2.91. The number of carbonyl (C=O) groups is 2. The first kappa shape index (κ1) is 13.1. The van der Waals surface area contributed by atoms with Gasteiger partial charge in [-0.25, -0.2) is 9.78 Å². The number of carboxylic acid groups (broad SMARTS) is 1. The number of ether oxygens (including phenoxy) is 1. The van der Waals surface area contributed by atoms with Crippen molar-refractivity contribution in [3.8, 4) is 5.75 Å². The number of benzene rings is 1. The number of H-pyrrole nitrogens is 1. The molecule has 2 N–H and O–H groups in total. The summed E-state index contributed by atoms with van der Waals surface area (Å²) in [5.74, 6) is -0.731. The molecule has 0 unspecified atom stereocenters. The van der Waals surface area contributed by atoms with Gasteiger partial charge < -0.3 is 9.84 Å². The van der Waals surface area contributed by atoms with Gasteiger partial charge in [-0.3, -0.25) is 14.8 Å². The average molecular weight is 288 g/mol. The van der Waals surface area contributed by atoms with Crippen LogP contribution in [0.4, 0.5) is 5.69 Å². The van der Waals surface area contributed by atoms with E-state index in [-0.39, 0.29) is 23.7 Å². The van der Waals surface area contributed by atoms with Gasteiger partial charge in [0.1, 0.15) is 18.0 Å². The van der Waals surface area contributed by atoms with E-state index in [2.05, 4.69) is 15.2 Å². The number of hydrogen-bond donors (Lipinski definition) is 2. The minimum Gasteiger partial charge on any atom is -0.489 e. The van der Waals surface area contributed by atoms with Crippen molar-refractivity contribution in [1.82, 2.24) is 15.2 Å². The predicted octanol–water partition coefficient (Wildman–Crippen LogP) is 0.851. The molecule has 108 valence electrons. The smallest absolute Gasteiger partial charge is 0.339 e. The van der Waals surface area contributed by atoms with Crippen LogP contribution in [0.15, 0.2) is 18.2 Å². The molecule has 0 saturated heterocycles. The van der Waals surface area contributed by atoms with Crippen LogP contribution >= 0.6 is 0 Å². The summed E-state index contributed by atoms with van der Waals surface area (Å²) in [4.78, 5) is 29.1. The molecular weight excluding hydrogens is 276 g/mol. The number of carboxylic acids is 1. The molecule has 0 aliphatic carbocycles. The maximum absolute atomic E-state index is 12.4. The Labute approximate surface area is 119 Å². The molecule has 21 heavy (non-hydrogen) atoms. The minimum atomic E-state index is -1.10. The number of aromatic carboxylic acids is 1. The lowest BCUT2D eigenvalue weighted by atomic mass is 10.1. The van der Waals surface area contributed by atoms with Gasteiger partial charge in [0.05, 0.1) is 12.2 Å². The first-order valence-corrected chi connectivity index (χ1v) is 6.28. The van der Waals surface area contributed by atoms with Crippen LogP contribution in [0.5, 0.6) is 5.75 Å². The number of nitrogens with one attached hydrogen (secondary N) is 1. The largest absolute Gasteiger partial charge is 0.489 e. The van der Waals surface area contributed by atoms with Crippen molar-refractivity contribution < 1.29 is 19.4 Å². The second kappa shape index (κ2) is 4.89. The maximum Gasteiger partial charge on any atom is 0.339 e. The predicted molar refractivity (Wildman–Crippen MR) is 71.7 cm³/mol. The van der Waals surface area contributed by atoms with Crippen molar-refractivity contribution >= 4 is 17.6 Å². The van der Waals surface area contributed by atoms with Gasteiger partial charge in [0.15, 0.2) is 5.75 Å². The van der Waals surface area contributed by atoms with Crippen LogP contribution in [0, 0.1) is 6.92 Å². The molecule has 0 radical (unpaired) electrons. The molecule has 2 aromatic rings. The van der Waals surface area contributed by atoms with Gasteiger partial charge in [0, 0.05) is 0 Å². The molecule has 8 nitrogen and oxygen atoms in total. The van der Waals surface area contributed by atoms with Gasteiger partial charge in [0.2, 0.25) is 5.82 Å². The zero-order valence-electron chi connectivity index (χ0n) is 11.2. The molecule has 1 aromatic heterocycles. The van der Waals surface area contributed by atoms with Crippen LogP contribution in [-0.2, 0) is 0 Å². The number of aromatic nitrogens is 3. The fourth-order valence-electron chi connectivity index (χ4n) is 2.19. The minimum absolute atomic E-state index is 0.0242. The fraction of sp³-hybridized carbons (Fsp3) is 0.231. The van der Waals surface area contributed by atoms with E-state index in [1.165, 1.54) is 11.0 Å². The molecule has 3 rings (SSSR count). The van der Waals surface area contributed by atoms with Crippen molar-refractivity contribution in [3.63, 3.8) is 0 Å². The van der Waals surface area contributed by atoms with E-state index in [1.807, 2.05) is 0 Å². The number of amides is 1. The van der Waals surface area contributed by atoms with Gasteiger partial charge in [0.25, 0.3) is 5.91 Å². The van der Waals surface area contributed by atoms with E-state index >= 15 is 0 Å². The van der Waals surface area contributed by atoms with E-state index in [9.17, 15) is 14.7 Å². The van der Waals surface area contributed by atoms with Crippen molar-refractivity contribution in [2.45, 2.75) is 6.92 Å². The summed E-state index contributed by atoms with van der Waals surface area (Å²) in [5, 5.41) is 15.6. The van der Waals surface area contributed by atoms with Gasteiger partial charge in [-0.15, -0.1) is 5.10 Å². The Morgan fingerprint density at radius 1 is 1.43 bits per heavy atom. The number of rotatable bonds is 2. The molecule has 0 spiro atoms. The zero-order valence-corrected chi connectivity index (χ0v) is 11.2. The third-order valence-corrected chi connectivity index (χ3v) is 3.11. The number of carbonyl (C=O) groups excluding carboxylic acids is 1. The Morgan fingerprint density at radius 2 is 2.24 bits per heavy atom. The summed E-state index contributed by atoms with van der Waals surface area (Å²) < 4.78 is 5.41. The monoisotopic (exact) mass is 288 g/mol. The molecule has 1 aliphatic heterocycles. The van der Waals surface area contributed by atoms with E-state index in [0.29, 0.717) is 18.1 Å². The highest BCUT2D eigenvalue weighted by Gasteiger charge is 2.29. The third kappa shape index (κ3) is 2.20. The van der Waals surface area contributed by atoms with E-state index in [0.717, 1.165) is 0 Å². The third-order valence-electron chi connectivity index (χ3n) is 3.11. The molecular formula is C13H12N4O4. The summed E-state index contributed by atoms with van der Waals surface area (Å²) in [6, 6.07) is 4.64. The molecule has 8 heteroatoms. The molecule has 1 aromatic carbocycles. The van der Waals surface area contributed by atoms with E-state index < -0.39 is 11.9 Å². The Morgan fingerprint density at radius 3 is 2.90 bits per heavy atom. The van der Waals surface area contributed by atoms with Crippen LogP contribution in [0.2, 0.25) is 0 Å². The zero-order chi connectivity index (χ0) is 15.0.